The van der Waals surface area contributed by atoms with Crippen molar-refractivity contribution < 1.29 is 18.7 Å². The molecule has 1 fully saturated rings. The fourth-order valence-corrected chi connectivity index (χ4v) is 2.31. The molecule has 0 aromatic heterocycles. The Kier molecular flexibility index (Phi) is 8.34. The SMILES string of the molecule is COCC(NC(=O)CC1COCCN1)c1ccc(F)cc1.Cl. The molecule has 0 radical (unpaired) electrons. The van der Waals surface area contributed by atoms with Crippen LogP contribution in [0.1, 0.15) is 18.0 Å². The predicted octanol–water partition coefficient (Wildman–Crippen LogP) is 1.43. The standard InChI is InChI=1S/C15H21FN2O3.ClH/c1-20-10-14(11-2-4-12(16)5-3-11)18-15(19)8-13-9-21-7-6-17-13;/h2-5,13-14,17H,6-10H2,1H3,(H,18,19);1H. The van der Waals surface area contributed by atoms with Crippen molar-refractivity contribution >= 4 is 18.3 Å². The van der Waals surface area contributed by atoms with Gasteiger partial charge in [-0.1, -0.05) is 12.1 Å². The number of carbonyl (C=O) groups is 1. The molecule has 1 aliphatic heterocycles. The van der Waals surface area contributed by atoms with Crippen molar-refractivity contribution in [1.82, 2.24) is 10.6 Å². The average Bonchev–Trinajstić information content (AvgIpc) is 2.48. The summed E-state index contributed by atoms with van der Waals surface area (Å²) in [5, 5.41) is 6.15. The maximum Gasteiger partial charge on any atom is 0.222 e. The molecular weight excluding hydrogens is 311 g/mol. The van der Waals surface area contributed by atoms with Crippen molar-refractivity contribution in [3.63, 3.8) is 0 Å². The number of carbonyl (C=O) groups excluding carboxylic acids is 1. The van der Waals surface area contributed by atoms with E-state index in [1.165, 1.54) is 12.1 Å². The van der Waals surface area contributed by atoms with Crippen LogP contribution in [-0.4, -0.2) is 45.4 Å². The summed E-state index contributed by atoms with van der Waals surface area (Å²) in [6.45, 7) is 2.32. The number of benzene rings is 1. The highest BCUT2D eigenvalue weighted by Gasteiger charge is 2.20. The number of halogens is 2. The highest BCUT2D eigenvalue weighted by molar-refractivity contribution is 5.85. The summed E-state index contributed by atoms with van der Waals surface area (Å²) in [5.41, 5.74) is 0.819. The molecule has 7 heteroatoms. The quantitative estimate of drug-likeness (QED) is 0.827. The summed E-state index contributed by atoms with van der Waals surface area (Å²) in [4.78, 5) is 12.1. The Bertz CT molecular complexity index is 453. The second-order valence-corrected chi connectivity index (χ2v) is 5.06. The van der Waals surface area contributed by atoms with Crippen molar-refractivity contribution in [2.45, 2.75) is 18.5 Å². The van der Waals surface area contributed by atoms with Crippen molar-refractivity contribution in [3.05, 3.63) is 35.6 Å². The first-order chi connectivity index (χ1) is 10.2. The summed E-state index contributed by atoms with van der Waals surface area (Å²) in [6, 6.07) is 5.81. The number of morpholine rings is 1. The van der Waals surface area contributed by atoms with Gasteiger partial charge < -0.3 is 20.1 Å². The third-order valence-corrected chi connectivity index (χ3v) is 3.37. The van der Waals surface area contributed by atoms with Crippen LogP contribution in [0.5, 0.6) is 0 Å². The molecule has 1 aromatic carbocycles. The van der Waals surface area contributed by atoms with E-state index in [0.717, 1.165) is 12.1 Å². The van der Waals surface area contributed by atoms with E-state index in [0.29, 0.717) is 26.2 Å². The second-order valence-electron chi connectivity index (χ2n) is 5.06. The number of hydrogen-bond donors (Lipinski definition) is 2. The molecule has 1 amide bonds. The third-order valence-electron chi connectivity index (χ3n) is 3.37. The summed E-state index contributed by atoms with van der Waals surface area (Å²) >= 11 is 0. The van der Waals surface area contributed by atoms with Gasteiger partial charge in [-0.3, -0.25) is 4.79 Å². The highest BCUT2D eigenvalue weighted by atomic mass is 35.5. The molecule has 1 aliphatic rings. The van der Waals surface area contributed by atoms with Crippen LogP contribution in [-0.2, 0) is 14.3 Å². The highest BCUT2D eigenvalue weighted by Crippen LogP contribution is 2.14. The lowest BCUT2D eigenvalue weighted by molar-refractivity contribution is -0.123. The maximum absolute atomic E-state index is 13.0. The van der Waals surface area contributed by atoms with Crippen molar-refractivity contribution in [1.29, 1.82) is 0 Å². The average molecular weight is 333 g/mol. The largest absolute Gasteiger partial charge is 0.382 e. The molecule has 1 aromatic rings. The van der Waals surface area contributed by atoms with E-state index in [9.17, 15) is 9.18 Å². The molecule has 22 heavy (non-hydrogen) atoms. The Morgan fingerprint density at radius 2 is 2.23 bits per heavy atom. The van der Waals surface area contributed by atoms with E-state index in [2.05, 4.69) is 10.6 Å². The van der Waals surface area contributed by atoms with Gasteiger partial charge in [-0.05, 0) is 17.7 Å². The zero-order valence-electron chi connectivity index (χ0n) is 12.5. The summed E-state index contributed by atoms with van der Waals surface area (Å²) in [7, 11) is 1.57. The molecular formula is C15H22ClFN2O3. The van der Waals surface area contributed by atoms with Crippen molar-refractivity contribution in [3.8, 4) is 0 Å². The van der Waals surface area contributed by atoms with Crippen LogP contribution in [0.15, 0.2) is 24.3 Å². The molecule has 2 unspecified atom stereocenters. The number of rotatable bonds is 6. The monoisotopic (exact) mass is 332 g/mol. The summed E-state index contributed by atoms with van der Waals surface area (Å²) < 4.78 is 23.4. The minimum absolute atomic E-state index is 0. The molecule has 1 heterocycles. The van der Waals surface area contributed by atoms with Gasteiger partial charge in [-0.25, -0.2) is 4.39 Å². The number of amides is 1. The third kappa shape index (κ3) is 5.88. The molecule has 2 rings (SSSR count). The fourth-order valence-electron chi connectivity index (χ4n) is 2.31. The Morgan fingerprint density at radius 1 is 1.50 bits per heavy atom. The van der Waals surface area contributed by atoms with Crippen molar-refractivity contribution in [2.75, 3.05) is 33.5 Å². The van der Waals surface area contributed by atoms with Crippen LogP contribution in [0.4, 0.5) is 4.39 Å². The number of nitrogens with one attached hydrogen (secondary N) is 2. The van der Waals surface area contributed by atoms with Gasteiger partial charge in [0, 0.05) is 26.1 Å². The Hall–Kier alpha value is -1.21. The molecule has 2 N–H and O–H groups in total. The Morgan fingerprint density at radius 3 is 2.82 bits per heavy atom. The van der Waals surface area contributed by atoms with E-state index in [1.54, 1.807) is 19.2 Å². The minimum Gasteiger partial charge on any atom is -0.382 e. The lowest BCUT2D eigenvalue weighted by Gasteiger charge is -2.25. The van der Waals surface area contributed by atoms with Crippen LogP contribution in [0.25, 0.3) is 0 Å². The van der Waals surface area contributed by atoms with Crippen molar-refractivity contribution in [2.24, 2.45) is 0 Å². The smallest absolute Gasteiger partial charge is 0.222 e. The van der Waals surface area contributed by atoms with Crippen LogP contribution < -0.4 is 10.6 Å². The van der Waals surface area contributed by atoms with Gasteiger partial charge in [0.05, 0.1) is 25.9 Å². The molecule has 124 valence electrons. The fraction of sp³-hybridized carbons (Fsp3) is 0.533. The van der Waals surface area contributed by atoms with E-state index >= 15 is 0 Å². The first-order valence-electron chi connectivity index (χ1n) is 7.04. The minimum atomic E-state index is -0.301. The first kappa shape index (κ1) is 18.8. The van der Waals surface area contributed by atoms with Crippen LogP contribution in [0, 0.1) is 5.82 Å². The van der Waals surface area contributed by atoms with Crippen LogP contribution >= 0.6 is 12.4 Å². The van der Waals surface area contributed by atoms with Gasteiger partial charge in [0.1, 0.15) is 5.82 Å². The zero-order valence-corrected chi connectivity index (χ0v) is 13.3. The number of hydrogen-bond acceptors (Lipinski definition) is 4. The lowest BCUT2D eigenvalue weighted by atomic mass is 10.1. The molecule has 2 atom stereocenters. The molecule has 1 saturated heterocycles. The maximum atomic E-state index is 13.0. The van der Waals surface area contributed by atoms with Gasteiger partial charge in [0.25, 0.3) is 0 Å². The van der Waals surface area contributed by atoms with Gasteiger partial charge in [0.15, 0.2) is 0 Å². The normalized spacial score (nSPS) is 19.1. The summed E-state index contributed by atoms with van der Waals surface area (Å²) in [5.74, 6) is -0.380. The predicted molar refractivity (Wildman–Crippen MR) is 83.6 cm³/mol. The van der Waals surface area contributed by atoms with Gasteiger partial charge in [-0.2, -0.15) is 0 Å². The van der Waals surface area contributed by atoms with Gasteiger partial charge in [-0.15, -0.1) is 12.4 Å². The molecule has 5 nitrogen and oxygen atoms in total. The summed E-state index contributed by atoms with van der Waals surface area (Å²) in [6.07, 6.45) is 0.349. The molecule has 0 aliphatic carbocycles. The number of methoxy groups -OCH3 is 1. The Balaban J connectivity index is 0.00000242. The van der Waals surface area contributed by atoms with E-state index in [4.69, 9.17) is 9.47 Å². The molecule has 0 saturated carbocycles. The second kappa shape index (κ2) is 9.74. The lowest BCUT2D eigenvalue weighted by Crippen LogP contribution is -2.45. The first-order valence-corrected chi connectivity index (χ1v) is 7.04. The van der Waals surface area contributed by atoms with E-state index in [1.807, 2.05) is 0 Å². The van der Waals surface area contributed by atoms with E-state index < -0.39 is 0 Å². The van der Waals surface area contributed by atoms with Crippen LogP contribution in [0.2, 0.25) is 0 Å². The van der Waals surface area contributed by atoms with Gasteiger partial charge in [0.2, 0.25) is 5.91 Å². The molecule has 0 bridgehead atoms. The molecule has 0 spiro atoms. The number of ether oxygens (including phenoxy) is 2. The Labute approximate surface area is 136 Å². The van der Waals surface area contributed by atoms with Crippen LogP contribution in [0.3, 0.4) is 0 Å². The van der Waals surface area contributed by atoms with Gasteiger partial charge >= 0.3 is 0 Å². The zero-order chi connectivity index (χ0) is 15.1. The van der Waals surface area contributed by atoms with E-state index in [-0.39, 0.29) is 36.2 Å². The topological polar surface area (TPSA) is 59.6 Å².